The van der Waals surface area contributed by atoms with Gasteiger partial charge in [0.25, 0.3) is 0 Å². The molecule has 1 aliphatic heterocycles. The lowest BCUT2D eigenvalue weighted by molar-refractivity contribution is -0.126. The van der Waals surface area contributed by atoms with Crippen molar-refractivity contribution in [3.8, 4) is 0 Å². The first-order chi connectivity index (χ1) is 13.7. The molecule has 1 fully saturated rings. The Kier molecular flexibility index (Phi) is 6.24. The molecule has 0 radical (unpaired) electrons. The second-order valence-electron chi connectivity index (χ2n) is 7.41. The molecule has 0 unspecified atom stereocenters. The minimum Gasteiger partial charge on any atom is -0.338 e. The summed E-state index contributed by atoms with van der Waals surface area (Å²) in [5.74, 6) is -0.0539. The highest BCUT2D eigenvalue weighted by Gasteiger charge is 2.32. The van der Waals surface area contributed by atoms with Crippen LogP contribution in [0.1, 0.15) is 30.3 Å². The molecule has 0 bridgehead atoms. The molecule has 0 saturated carbocycles. The third-order valence-electron chi connectivity index (χ3n) is 5.30. The Labute approximate surface area is 172 Å². The third-order valence-corrected chi connectivity index (χ3v) is 7.45. The van der Waals surface area contributed by atoms with Crippen molar-refractivity contribution in [2.75, 3.05) is 26.2 Å². The number of rotatable bonds is 4. The summed E-state index contributed by atoms with van der Waals surface area (Å²) in [7, 11) is -1.90. The van der Waals surface area contributed by atoms with Crippen LogP contribution >= 0.6 is 0 Å². The fourth-order valence-electron chi connectivity index (χ4n) is 3.70. The number of aromatic nitrogens is 2. The van der Waals surface area contributed by atoms with Crippen LogP contribution in [0, 0.1) is 13.8 Å². The van der Waals surface area contributed by atoms with E-state index in [0.29, 0.717) is 43.0 Å². The lowest BCUT2D eigenvalue weighted by Gasteiger charge is -2.22. The average molecular weight is 417 g/mol. The van der Waals surface area contributed by atoms with E-state index < -0.39 is 10.0 Å². The first kappa shape index (κ1) is 21.3. The van der Waals surface area contributed by atoms with E-state index in [1.807, 2.05) is 36.4 Å². The number of amides is 1. The molecule has 8 heteroatoms. The predicted octanol–water partition coefficient (Wildman–Crippen LogP) is 2.36. The molecule has 0 aliphatic carbocycles. The maximum absolute atomic E-state index is 13.2. The number of carbonyl (C=O) groups excluding carboxylic acids is 1. The van der Waals surface area contributed by atoms with Gasteiger partial charge in [0, 0.05) is 38.8 Å². The van der Waals surface area contributed by atoms with Gasteiger partial charge >= 0.3 is 0 Å². The highest BCUT2D eigenvalue weighted by Crippen LogP contribution is 2.24. The van der Waals surface area contributed by atoms with Gasteiger partial charge in [-0.25, -0.2) is 8.42 Å². The van der Waals surface area contributed by atoms with Crippen LogP contribution in [0.2, 0.25) is 0 Å². The van der Waals surface area contributed by atoms with Gasteiger partial charge in [-0.2, -0.15) is 9.40 Å². The Morgan fingerprint density at radius 2 is 1.76 bits per heavy atom. The summed E-state index contributed by atoms with van der Waals surface area (Å²) in [5, 5.41) is 4.24. The zero-order valence-corrected chi connectivity index (χ0v) is 18.2. The summed E-state index contributed by atoms with van der Waals surface area (Å²) in [4.78, 5) is 14.9. The van der Waals surface area contributed by atoms with Crippen LogP contribution in [0.3, 0.4) is 0 Å². The van der Waals surface area contributed by atoms with Gasteiger partial charge in [0.15, 0.2) is 0 Å². The number of aryl methyl sites for hydroxylation is 2. The fourth-order valence-corrected chi connectivity index (χ4v) is 5.57. The minimum atomic E-state index is -3.65. The van der Waals surface area contributed by atoms with Crippen LogP contribution in [0.15, 0.2) is 40.8 Å². The summed E-state index contributed by atoms with van der Waals surface area (Å²) < 4.78 is 29.5. The molecule has 1 saturated heterocycles. The molecule has 2 aromatic rings. The van der Waals surface area contributed by atoms with E-state index in [1.54, 1.807) is 37.4 Å². The van der Waals surface area contributed by atoms with Crippen LogP contribution in [0.5, 0.6) is 0 Å². The Morgan fingerprint density at radius 3 is 2.38 bits per heavy atom. The van der Waals surface area contributed by atoms with E-state index in [2.05, 4.69) is 5.10 Å². The summed E-state index contributed by atoms with van der Waals surface area (Å²) in [6.45, 7) is 6.86. The Morgan fingerprint density at radius 1 is 1.07 bits per heavy atom. The van der Waals surface area contributed by atoms with E-state index in [9.17, 15) is 13.2 Å². The molecule has 29 heavy (non-hydrogen) atoms. The lowest BCUT2D eigenvalue weighted by atomic mass is 10.1. The molecule has 3 rings (SSSR count). The first-order valence-corrected chi connectivity index (χ1v) is 11.2. The van der Waals surface area contributed by atoms with Crippen LogP contribution in [0.4, 0.5) is 0 Å². The van der Waals surface area contributed by atoms with Gasteiger partial charge in [-0.15, -0.1) is 0 Å². The minimum absolute atomic E-state index is 0.0539. The quantitative estimate of drug-likeness (QED) is 0.717. The number of benzene rings is 1. The molecule has 1 aromatic carbocycles. The summed E-state index contributed by atoms with van der Waals surface area (Å²) in [6.07, 6.45) is 2.46. The topological polar surface area (TPSA) is 75.5 Å². The molecule has 1 aromatic heterocycles. The van der Waals surface area contributed by atoms with Crippen LogP contribution in [-0.4, -0.2) is 59.5 Å². The van der Waals surface area contributed by atoms with E-state index in [4.69, 9.17) is 0 Å². The lowest BCUT2D eigenvalue weighted by Crippen LogP contribution is -2.37. The van der Waals surface area contributed by atoms with Gasteiger partial charge in [-0.05, 0) is 38.8 Å². The molecule has 0 spiro atoms. The molecule has 2 heterocycles. The molecule has 1 amide bonds. The zero-order valence-electron chi connectivity index (χ0n) is 17.4. The monoisotopic (exact) mass is 416 g/mol. The molecule has 0 N–H and O–H groups in total. The van der Waals surface area contributed by atoms with Crippen molar-refractivity contribution >= 4 is 22.0 Å². The Balaban J connectivity index is 1.75. The highest BCUT2D eigenvalue weighted by atomic mass is 32.2. The molecule has 1 aliphatic rings. The van der Waals surface area contributed by atoms with Crippen LogP contribution in [0.25, 0.3) is 6.08 Å². The van der Waals surface area contributed by atoms with Gasteiger partial charge in [0.2, 0.25) is 15.9 Å². The van der Waals surface area contributed by atoms with E-state index in [-0.39, 0.29) is 17.3 Å². The number of nitrogens with zero attached hydrogens (tertiary/aromatic N) is 4. The largest absolute Gasteiger partial charge is 0.338 e. The summed E-state index contributed by atoms with van der Waals surface area (Å²) in [5.41, 5.74) is 2.75. The number of sulfonamides is 1. The molecule has 7 nitrogen and oxygen atoms in total. The second kappa shape index (κ2) is 8.51. The zero-order chi connectivity index (χ0) is 21.2. The van der Waals surface area contributed by atoms with Crippen molar-refractivity contribution in [1.29, 1.82) is 0 Å². The SMILES string of the molecule is CC(=Cc1ccccc1)C(=O)N1CCCN(S(=O)(=O)c2c(C)nn(C)c2C)CC1. The van der Waals surface area contributed by atoms with Crippen molar-refractivity contribution in [3.05, 3.63) is 52.9 Å². The number of carbonyl (C=O) groups is 1. The summed E-state index contributed by atoms with van der Waals surface area (Å²) >= 11 is 0. The Hall–Kier alpha value is -2.45. The normalized spacial score (nSPS) is 16.7. The van der Waals surface area contributed by atoms with Crippen molar-refractivity contribution in [1.82, 2.24) is 19.0 Å². The second-order valence-corrected chi connectivity index (χ2v) is 9.29. The van der Waals surface area contributed by atoms with Gasteiger partial charge in [-0.1, -0.05) is 30.3 Å². The fraction of sp³-hybridized carbons (Fsp3) is 0.429. The number of hydrogen-bond donors (Lipinski definition) is 0. The maximum atomic E-state index is 13.2. The van der Waals surface area contributed by atoms with Gasteiger partial charge in [0.1, 0.15) is 4.90 Å². The highest BCUT2D eigenvalue weighted by molar-refractivity contribution is 7.89. The number of hydrogen-bond acceptors (Lipinski definition) is 4. The molecule has 156 valence electrons. The van der Waals surface area contributed by atoms with Crippen molar-refractivity contribution in [2.24, 2.45) is 7.05 Å². The summed E-state index contributed by atoms with van der Waals surface area (Å²) in [6, 6.07) is 9.70. The smallest absolute Gasteiger partial charge is 0.249 e. The standard InChI is InChI=1S/C21H28N4O3S/c1-16(15-19-9-6-5-7-10-19)21(26)24-11-8-12-25(14-13-24)29(27,28)20-17(2)22-23(4)18(20)3/h5-7,9-10,15H,8,11-14H2,1-4H3. The van der Waals surface area contributed by atoms with Crippen molar-refractivity contribution < 1.29 is 13.2 Å². The van der Waals surface area contributed by atoms with E-state index in [0.717, 1.165) is 5.56 Å². The van der Waals surface area contributed by atoms with Crippen LogP contribution in [-0.2, 0) is 21.9 Å². The molecular formula is C21H28N4O3S. The first-order valence-electron chi connectivity index (χ1n) is 9.75. The third kappa shape index (κ3) is 4.43. The van der Waals surface area contributed by atoms with E-state index in [1.165, 1.54) is 4.31 Å². The van der Waals surface area contributed by atoms with Gasteiger partial charge in [-0.3, -0.25) is 9.48 Å². The van der Waals surface area contributed by atoms with Crippen LogP contribution < -0.4 is 0 Å². The molecule has 0 atom stereocenters. The Bertz CT molecular complexity index is 1030. The van der Waals surface area contributed by atoms with Gasteiger partial charge in [0.05, 0.1) is 11.4 Å². The van der Waals surface area contributed by atoms with Gasteiger partial charge < -0.3 is 4.90 Å². The van der Waals surface area contributed by atoms with Crippen molar-refractivity contribution in [2.45, 2.75) is 32.1 Å². The van der Waals surface area contributed by atoms with Crippen molar-refractivity contribution in [3.63, 3.8) is 0 Å². The maximum Gasteiger partial charge on any atom is 0.249 e. The molecular weight excluding hydrogens is 388 g/mol. The average Bonchev–Trinajstić information content (AvgIpc) is 2.86. The van der Waals surface area contributed by atoms with E-state index >= 15 is 0 Å². The predicted molar refractivity (Wildman–Crippen MR) is 113 cm³/mol.